The van der Waals surface area contributed by atoms with Crippen molar-refractivity contribution in [3.05, 3.63) is 97.7 Å². The number of nitro benzene ring substituents is 1. The third kappa shape index (κ3) is 7.32. The molecule has 0 fully saturated rings. The number of benzene rings is 2. The number of rotatable bonds is 13. The van der Waals surface area contributed by atoms with E-state index in [1.165, 1.54) is 47.4 Å². The van der Waals surface area contributed by atoms with Crippen LogP contribution in [0.25, 0.3) is 0 Å². The summed E-state index contributed by atoms with van der Waals surface area (Å²) in [5.74, 6) is -0.588. The van der Waals surface area contributed by atoms with Crippen LogP contribution in [0.5, 0.6) is 0 Å². The van der Waals surface area contributed by atoms with Gasteiger partial charge in [0.2, 0.25) is 5.91 Å². The normalized spacial score (nSPS) is 12.0. The van der Waals surface area contributed by atoms with Crippen molar-refractivity contribution in [1.29, 1.82) is 0 Å². The molecule has 5 rings (SSSR count). The van der Waals surface area contributed by atoms with Gasteiger partial charge in [0.05, 0.1) is 29.4 Å². The number of nitrogens with zero attached hydrogens (tertiary/aromatic N) is 4. The Morgan fingerprint density at radius 3 is 2.59 bits per heavy atom. The Kier molecular flexibility index (Phi) is 10.0. The van der Waals surface area contributed by atoms with Crippen molar-refractivity contribution >= 4 is 51.6 Å². The van der Waals surface area contributed by atoms with Gasteiger partial charge >= 0.3 is 5.97 Å². The van der Waals surface area contributed by atoms with Crippen LogP contribution in [0.3, 0.4) is 0 Å². The molecule has 2 heterocycles. The molecule has 12 nitrogen and oxygen atoms in total. The van der Waals surface area contributed by atoms with Gasteiger partial charge in [0.1, 0.15) is 5.00 Å². The van der Waals surface area contributed by atoms with E-state index in [9.17, 15) is 24.5 Å². The predicted octanol–water partition coefficient (Wildman–Crippen LogP) is 4.82. The molecule has 44 heavy (non-hydrogen) atoms. The molecule has 2 aromatic heterocycles. The fourth-order valence-electron chi connectivity index (χ4n) is 4.87. The number of hydrogen-bond acceptors (Lipinski definition) is 10. The summed E-state index contributed by atoms with van der Waals surface area (Å²) in [5.41, 5.74) is 2.71. The molecule has 0 atom stereocenters. The molecule has 0 spiro atoms. The lowest BCUT2D eigenvalue weighted by Crippen LogP contribution is -2.25. The largest absolute Gasteiger partial charge is 0.462 e. The molecule has 0 saturated carbocycles. The van der Waals surface area contributed by atoms with Crippen LogP contribution in [-0.2, 0) is 41.9 Å². The number of carbonyl (C=O) groups excluding carboxylic acids is 3. The van der Waals surface area contributed by atoms with Crippen molar-refractivity contribution in [3.63, 3.8) is 0 Å². The van der Waals surface area contributed by atoms with Gasteiger partial charge < -0.3 is 19.9 Å². The summed E-state index contributed by atoms with van der Waals surface area (Å²) in [5, 5.41) is 26.2. The SMILES string of the molecule is CCOC(=O)c1c(NC(=O)CSc2nnc(CNC(=O)c3ccc([N+](=O)[O-])cc3)n2CCc2ccccc2)sc2c1CCC2. The molecule has 14 heteroatoms. The molecule has 1 aliphatic rings. The minimum atomic E-state index is -0.526. The Bertz CT molecular complexity index is 1670. The van der Waals surface area contributed by atoms with E-state index in [2.05, 4.69) is 20.8 Å². The van der Waals surface area contributed by atoms with E-state index in [0.717, 1.165) is 35.3 Å². The predicted molar refractivity (Wildman–Crippen MR) is 166 cm³/mol. The van der Waals surface area contributed by atoms with E-state index >= 15 is 0 Å². The van der Waals surface area contributed by atoms with Gasteiger partial charge in [-0.1, -0.05) is 42.1 Å². The second-order valence-corrected chi connectivity index (χ2v) is 11.9. The number of thioether (sulfide) groups is 1. The third-order valence-electron chi connectivity index (χ3n) is 6.99. The number of carbonyl (C=O) groups is 3. The van der Waals surface area contributed by atoms with Crippen LogP contribution in [0.4, 0.5) is 10.7 Å². The number of nitrogens with one attached hydrogen (secondary N) is 2. The van der Waals surface area contributed by atoms with Gasteiger partial charge in [-0.3, -0.25) is 19.7 Å². The number of thiophene rings is 1. The second kappa shape index (κ2) is 14.3. The van der Waals surface area contributed by atoms with Crippen LogP contribution >= 0.6 is 23.1 Å². The van der Waals surface area contributed by atoms with E-state index < -0.39 is 16.8 Å². The monoisotopic (exact) mass is 634 g/mol. The Morgan fingerprint density at radius 2 is 1.86 bits per heavy atom. The van der Waals surface area contributed by atoms with Crippen molar-refractivity contribution < 1.29 is 24.0 Å². The molecule has 0 unspecified atom stereocenters. The number of aryl methyl sites for hydroxylation is 2. The summed E-state index contributed by atoms with van der Waals surface area (Å²) < 4.78 is 7.13. The zero-order chi connectivity index (χ0) is 31.1. The van der Waals surface area contributed by atoms with Crippen molar-refractivity contribution in [2.45, 2.75) is 50.9 Å². The highest BCUT2D eigenvalue weighted by atomic mass is 32.2. The lowest BCUT2D eigenvalue weighted by molar-refractivity contribution is -0.384. The number of aromatic nitrogens is 3. The number of fused-ring (bicyclic) bond motifs is 1. The molecule has 0 aliphatic heterocycles. The Hall–Kier alpha value is -4.56. The summed E-state index contributed by atoms with van der Waals surface area (Å²) in [6, 6.07) is 15.2. The smallest absolute Gasteiger partial charge is 0.341 e. The van der Waals surface area contributed by atoms with E-state index in [4.69, 9.17) is 4.74 Å². The van der Waals surface area contributed by atoms with Gasteiger partial charge in [-0.2, -0.15) is 0 Å². The first kappa shape index (κ1) is 30.9. The van der Waals surface area contributed by atoms with E-state index in [-0.39, 0.29) is 36.1 Å². The Labute approximate surface area is 261 Å². The minimum Gasteiger partial charge on any atom is -0.462 e. The zero-order valence-electron chi connectivity index (χ0n) is 23.9. The highest BCUT2D eigenvalue weighted by Gasteiger charge is 2.28. The molecule has 0 bridgehead atoms. The molecule has 4 aromatic rings. The maximum absolute atomic E-state index is 13.0. The average molecular weight is 635 g/mol. The van der Waals surface area contributed by atoms with Crippen LogP contribution in [0.15, 0.2) is 59.8 Å². The maximum atomic E-state index is 13.0. The average Bonchev–Trinajstić information content (AvgIpc) is 3.73. The highest BCUT2D eigenvalue weighted by Crippen LogP contribution is 2.39. The second-order valence-electron chi connectivity index (χ2n) is 9.89. The van der Waals surface area contributed by atoms with Crippen LogP contribution in [0.1, 0.15) is 55.9 Å². The summed E-state index contributed by atoms with van der Waals surface area (Å²) in [6.45, 7) is 2.58. The lowest BCUT2D eigenvalue weighted by Gasteiger charge is -2.11. The zero-order valence-corrected chi connectivity index (χ0v) is 25.5. The van der Waals surface area contributed by atoms with Gasteiger partial charge in [-0.25, -0.2) is 4.79 Å². The fourth-order valence-corrected chi connectivity index (χ4v) is 6.94. The van der Waals surface area contributed by atoms with Gasteiger partial charge in [0.25, 0.3) is 11.6 Å². The molecular formula is C30H30N6O6S2. The quantitative estimate of drug-likeness (QED) is 0.0910. The van der Waals surface area contributed by atoms with E-state index in [1.54, 1.807) is 6.92 Å². The van der Waals surface area contributed by atoms with Crippen LogP contribution in [-0.4, -0.2) is 49.8 Å². The molecule has 0 saturated heterocycles. The molecule has 1 aliphatic carbocycles. The molecular weight excluding hydrogens is 605 g/mol. The summed E-state index contributed by atoms with van der Waals surface area (Å²) >= 11 is 2.64. The molecule has 2 aromatic carbocycles. The topological polar surface area (TPSA) is 158 Å². The summed E-state index contributed by atoms with van der Waals surface area (Å²) in [7, 11) is 0. The molecule has 2 N–H and O–H groups in total. The van der Waals surface area contributed by atoms with Crippen molar-refractivity contribution in [3.8, 4) is 0 Å². The lowest BCUT2D eigenvalue weighted by atomic mass is 10.1. The van der Waals surface area contributed by atoms with Crippen LogP contribution < -0.4 is 10.6 Å². The van der Waals surface area contributed by atoms with Crippen molar-refractivity contribution in [2.24, 2.45) is 0 Å². The van der Waals surface area contributed by atoms with Crippen LogP contribution in [0, 0.1) is 10.1 Å². The van der Waals surface area contributed by atoms with Gasteiger partial charge in [0, 0.05) is 29.1 Å². The van der Waals surface area contributed by atoms with E-state index in [1.807, 2.05) is 34.9 Å². The van der Waals surface area contributed by atoms with Gasteiger partial charge in [0.15, 0.2) is 11.0 Å². The Balaban J connectivity index is 1.27. The standard InChI is InChI=1S/C30H30N6O6S2/c1-2-42-29(39)26-22-9-6-10-23(22)44-28(26)32-25(37)18-43-30-34-33-24(35(30)16-15-19-7-4-3-5-8-19)17-31-27(38)20-11-13-21(14-12-20)36(40)41/h3-5,7-8,11-14H,2,6,9-10,15-18H2,1H3,(H,31,38)(H,32,37). The van der Waals surface area contributed by atoms with Gasteiger partial charge in [-0.05, 0) is 55.9 Å². The first-order valence-electron chi connectivity index (χ1n) is 14.1. The number of hydrogen-bond donors (Lipinski definition) is 2. The van der Waals surface area contributed by atoms with Crippen molar-refractivity contribution in [2.75, 3.05) is 17.7 Å². The molecule has 0 radical (unpaired) electrons. The fraction of sp³-hybridized carbons (Fsp3) is 0.300. The number of ether oxygens (including phenoxy) is 1. The highest BCUT2D eigenvalue weighted by molar-refractivity contribution is 7.99. The number of nitro groups is 1. The number of amides is 2. The van der Waals surface area contributed by atoms with Gasteiger partial charge in [-0.15, -0.1) is 21.5 Å². The maximum Gasteiger partial charge on any atom is 0.341 e. The van der Waals surface area contributed by atoms with E-state index in [0.29, 0.717) is 34.5 Å². The summed E-state index contributed by atoms with van der Waals surface area (Å²) in [6.07, 6.45) is 3.32. The molecule has 228 valence electrons. The third-order valence-corrected chi connectivity index (χ3v) is 9.17. The van der Waals surface area contributed by atoms with Crippen molar-refractivity contribution in [1.82, 2.24) is 20.1 Å². The summed E-state index contributed by atoms with van der Waals surface area (Å²) in [4.78, 5) is 49.9. The van der Waals surface area contributed by atoms with Crippen LogP contribution in [0.2, 0.25) is 0 Å². The first-order chi connectivity index (χ1) is 21.3. The number of esters is 1. The number of anilines is 1. The first-order valence-corrected chi connectivity index (χ1v) is 15.9. The molecule has 2 amide bonds. The minimum absolute atomic E-state index is 0.0312. The number of non-ortho nitro benzene ring substituents is 1. The Morgan fingerprint density at radius 1 is 1.09 bits per heavy atom.